The lowest BCUT2D eigenvalue weighted by Crippen LogP contribution is -2.44. The van der Waals surface area contributed by atoms with E-state index in [2.05, 4.69) is 24.8 Å². The van der Waals surface area contributed by atoms with Crippen LogP contribution in [0.5, 0.6) is 0 Å². The van der Waals surface area contributed by atoms with Crippen molar-refractivity contribution in [3.63, 3.8) is 0 Å². The van der Waals surface area contributed by atoms with Gasteiger partial charge in [0.25, 0.3) is 15.9 Å². The minimum absolute atomic E-state index is 0.00173. The van der Waals surface area contributed by atoms with Crippen LogP contribution < -0.4 is 5.32 Å². The SMILES string of the molecule is CN1CCNCC1c1noc(C2=CN3CCS(=O)(=O)N=C3C=C2)n1. The number of allylic oxidation sites excluding steroid dienone is 2. The third kappa shape index (κ3) is 2.87. The maximum atomic E-state index is 11.5. The molecule has 0 aromatic carbocycles. The molecule has 0 bridgehead atoms. The van der Waals surface area contributed by atoms with Gasteiger partial charge in [-0.1, -0.05) is 5.16 Å². The van der Waals surface area contributed by atoms with Gasteiger partial charge in [0.1, 0.15) is 5.84 Å². The van der Waals surface area contributed by atoms with Crippen LogP contribution in [0.2, 0.25) is 0 Å². The zero-order valence-electron chi connectivity index (χ0n) is 13.2. The molecule has 0 spiro atoms. The van der Waals surface area contributed by atoms with E-state index in [1.165, 1.54) is 0 Å². The smallest absolute Gasteiger partial charge is 0.259 e. The van der Waals surface area contributed by atoms with Gasteiger partial charge in [-0.2, -0.15) is 4.98 Å². The van der Waals surface area contributed by atoms with E-state index in [1.54, 1.807) is 23.3 Å². The molecular formula is C14H18N6O3S. The summed E-state index contributed by atoms with van der Waals surface area (Å²) in [6.45, 7) is 3.03. The maximum Gasteiger partial charge on any atom is 0.259 e. The summed E-state index contributed by atoms with van der Waals surface area (Å²) < 4.78 is 32.3. The van der Waals surface area contributed by atoms with E-state index in [9.17, 15) is 8.42 Å². The summed E-state index contributed by atoms with van der Waals surface area (Å²) >= 11 is 0. The average Bonchev–Trinajstić information content (AvgIpc) is 3.04. The van der Waals surface area contributed by atoms with Gasteiger partial charge in [-0.15, -0.1) is 4.40 Å². The van der Waals surface area contributed by atoms with E-state index in [4.69, 9.17) is 4.52 Å². The zero-order valence-corrected chi connectivity index (χ0v) is 14.0. The summed E-state index contributed by atoms with van der Waals surface area (Å²) in [5, 5.41) is 7.43. The van der Waals surface area contributed by atoms with E-state index in [0.717, 1.165) is 25.2 Å². The van der Waals surface area contributed by atoms with Crippen LogP contribution >= 0.6 is 0 Å². The van der Waals surface area contributed by atoms with Gasteiger partial charge in [0, 0.05) is 32.4 Å². The van der Waals surface area contributed by atoms with E-state index in [-0.39, 0.29) is 11.8 Å². The summed E-state index contributed by atoms with van der Waals surface area (Å²) in [7, 11) is -1.31. The summed E-state index contributed by atoms with van der Waals surface area (Å²) in [5.41, 5.74) is 0.749. The Morgan fingerprint density at radius 1 is 1.33 bits per heavy atom. The van der Waals surface area contributed by atoms with Crippen molar-refractivity contribution in [1.29, 1.82) is 0 Å². The van der Waals surface area contributed by atoms with Crippen molar-refractivity contribution >= 4 is 21.4 Å². The molecule has 3 aliphatic rings. The molecular weight excluding hydrogens is 332 g/mol. The third-order valence-corrected chi connectivity index (χ3v) is 5.49. The van der Waals surface area contributed by atoms with Crippen molar-refractivity contribution in [3.8, 4) is 0 Å². The summed E-state index contributed by atoms with van der Waals surface area (Å²) in [4.78, 5) is 8.49. The van der Waals surface area contributed by atoms with Crippen molar-refractivity contribution in [2.45, 2.75) is 6.04 Å². The van der Waals surface area contributed by atoms with Crippen molar-refractivity contribution in [2.24, 2.45) is 4.40 Å². The highest BCUT2D eigenvalue weighted by Crippen LogP contribution is 2.24. The fourth-order valence-corrected chi connectivity index (χ4v) is 3.88. The maximum absolute atomic E-state index is 11.5. The van der Waals surface area contributed by atoms with Crippen LogP contribution in [-0.4, -0.2) is 73.2 Å². The number of rotatable bonds is 2. The Labute approximate surface area is 139 Å². The molecule has 0 radical (unpaired) electrons. The van der Waals surface area contributed by atoms with E-state index in [0.29, 0.717) is 24.1 Å². The highest BCUT2D eigenvalue weighted by molar-refractivity contribution is 7.90. The monoisotopic (exact) mass is 350 g/mol. The van der Waals surface area contributed by atoms with Gasteiger partial charge >= 0.3 is 0 Å². The van der Waals surface area contributed by atoms with Crippen molar-refractivity contribution in [2.75, 3.05) is 39.0 Å². The van der Waals surface area contributed by atoms with Gasteiger partial charge in [-0.25, -0.2) is 8.42 Å². The number of piperazine rings is 1. The molecule has 128 valence electrons. The Morgan fingerprint density at radius 3 is 3.04 bits per heavy atom. The first-order chi connectivity index (χ1) is 11.5. The largest absolute Gasteiger partial charge is 0.334 e. The Bertz CT molecular complexity index is 840. The molecule has 1 aromatic heterocycles. The minimum Gasteiger partial charge on any atom is -0.334 e. The molecule has 3 aliphatic heterocycles. The number of nitrogens with one attached hydrogen (secondary N) is 1. The van der Waals surface area contributed by atoms with Crippen LogP contribution in [-0.2, 0) is 10.0 Å². The average molecular weight is 350 g/mol. The lowest BCUT2D eigenvalue weighted by molar-refractivity contribution is 0.190. The normalized spacial score (nSPS) is 26.7. The number of aromatic nitrogens is 2. The quantitative estimate of drug-likeness (QED) is 0.768. The van der Waals surface area contributed by atoms with Crippen LogP contribution in [0.3, 0.4) is 0 Å². The number of nitrogens with zero attached hydrogens (tertiary/aromatic N) is 5. The van der Waals surface area contributed by atoms with Crippen LogP contribution in [0.4, 0.5) is 0 Å². The lowest BCUT2D eigenvalue weighted by Gasteiger charge is -2.30. The minimum atomic E-state index is -3.35. The predicted molar refractivity (Wildman–Crippen MR) is 87.6 cm³/mol. The number of fused-ring (bicyclic) bond motifs is 1. The number of hydrogen-bond donors (Lipinski definition) is 1. The van der Waals surface area contributed by atoms with Gasteiger partial charge in [-0.05, 0) is 19.2 Å². The molecule has 1 unspecified atom stereocenters. The molecule has 10 heteroatoms. The number of amidine groups is 1. The number of likely N-dealkylation sites (N-methyl/N-ethyl adjacent to an activating group) is 1. The van der Waals surface area contributed by atoms with Crippen LogP contribution in [0, 0.1) is 0 Å². The van der Waals surface area contributed by atoms with Crippen LogP contribution in [0.15, 0.2) is 27.3 Å². The van der Waals surface area contributed by atoms with Gasteiger partial charge in [0.2, 0.25) is 0 Å². The fraction of sp³-hybridized carbons (Fsp3) is 0.500. The third-order valence-electron chi connectivity index (χ3n) is 4.32. The molecule has 1 saturated heterocycles. The van der Waals surface area contributed by atoms with E-state index >= 15 is 0 Å². The molecule has 1 fully saturated rings. The summed E-state index contributed by atoms with van der Waals surface area (Å²) in [6, 6.07) is 0.0849. The van der Waals surface area contributed by atoms with Crippen molar-refractivity contribution < 1.29 is 12.9 Å². The zero-order chi connectivity index (χ0) is 16.7. The van der Waals surface area contributed by atoms with Crippen molar-refractivity contribution in [3.05, 3.63) is 30.1 Å². The summed E-state index contributed by atoms with van der Waals surface area (Å²) in [5.74, 6) is 1.49. The van der Waals surface area contributed by atoms with Gasteiger partial charge in [0.15, 0.2) is 5.82 Å². The first-order valence-electron chi connectivity index (χ1n) is 7.76. The Morgan fingerprint density at radius 2 is 2.21 bits per heavy atom. The molecule has 1 aromatic rings. The van der Waals surface area contributed by atoms with Crippen LogP contribution in [0.25, 0.3) is 5.57 Å². The van der Waals surface area contributed by atoms with Crippen molar-refractivity contribution in [1.82, 2.24) is 25.3 Å². The second-order valence-corrected chi connectivity index (χ2v) is 7.76. The highest BCUT2D eigenvalue weighted by Gasteiger charge is 2.28. The number of hydrogen-bond acceptors (Lipinski definition) is 8. The predicted octanol–water partition coefficient (Wildman–Crippen LogP) is -0.400. The summed E-state index contributed by atoms with van der Waals surface area (Å²) in [6.07, 6.45) is 5.20. The molecule has 9 nitrogen and oxygen atoms in total. The fourth-order valence-electron chi connectivity index (χ4n) is 2.91. The molecule has 1 N–H and O–H groups in total. The molecule has 4 heterocycles. The van der Waals surface area contributed by atoms with Gasteiger partial charge in [-0.3, -0.25) is 4.90 Å². The second kappa shape index (κ2) is 5.80. The van der Waals surface area contributed by atoms with E-state index < -0.39 is 10.0 Å². The molecule has 4 rings (SSSR count). The van der Waals surface area contributed by atoms with Gasteiger partial charge in [0.05, 0.1) is 17.4 Å². The molecule has 0 amide bonds. The Hall–Kier alpha value is -2.04. The molecule has 0 aliphatic carbocycles. The van der Waals surface area contributed by atoms with Gasteiger partial charge < -0.3 is 14.7 Å². The molecule has 0 saturated carbocycles. The molecule has 24 heavy (non-hydrogen) atoms. The standard InChI is InChI=1S/C14H18N6O3S/c1-19-5-4-15-8-11(19)13-16-14(23-17-13)10-2-3-12-18-24(21,22)7-6-20(12)9-10/h2-3,9,11,15H,4-8H2,1H3. The Balaban J connectivity index is 1.58. The topological polar surface area (TPSA) is 104 Å². The highest BCUT2D eigenvalue weighted by atomic mass is 32.2. The second-order valence-electron chi connectivity index (χ2n) is 6.00. The molecule has 1 atom stereocenters. The van der Waals surface area contributed by atoms with E-state index in [1.807, 2.05) is 7.05 Å². The van der Waals surface area contributed by atoms with Crippen LogP contribution in [0.1, 0.15) is 17.8 Å². The first kappa shape index (κ1) is 15.5. The first-order valence-corrected chi connectivity index (χ1v) is 9.37. The Kier molecular flexibility index (Phi) is 3.74. The number of sulfonamides is 1. The lowest BCUT2D eigenvalue weighted by atomic mass is 10.2.